The summed E-state index contributed by atoms with van der Waals surface area (Å²) in [5.41, 5.74) is 0. The Morgan fingerprint density at radius 1 is 1.56 bits per heavy atom. The lowest BCUT2D eigenvalue weighted by Crippen LogP contribution is -2.35. The van der Waals surface area contributed by atoms with Crippen LogP contribution in [0.25, 0.3) is 0 Å². The zero-order chi connectivity index (χ0) is 11.8. The number of aliphatic hydroxyl groups is 2. The number of carbonyl (C=O) groups excluding carboxylic acids is 1. The van der Waals surface area contributed by atoms with Crippen LogP contribution < -0.4 is 10.6 Å². The lowest BCUT2D eigenvalue weighted by Gasteiger charge is -2.22. The smallest absolute Gasteiger partial charge is 0.220 e. The van der Waals surface area contributed by atoms with Crippen molar-refractivity contribution in [2.24, 2.45) is 5.92 Å². The van der Waals surface area contributed by atoms with E-state index in [0.717, 1.165) is 19.5 Å². The molecule has 1 aliphatic heterocycles. The summed E-state index contributed by atoms with van der Waals surface area (Å²) in [6.07, 6.45) is 2.94. The van der Waals surface area contributed by atoms with Crippen LogP contribution in [0.1, 0.15) is 25.7 Å². The normalized spacial score (nSPS) is 22.8. The Morgan fingerprint density at radius 2 is 2.38 bits per heavy atom. The second kappa shape index (κ2) is 7.60. The second-order valence-corrected chi connectivity index (χ2v) is 4.39. The summed E-state index contributed by atoms with van der Waals surface area (Å²) in [5, 5.41) is 23.5. The van der Waals surface area contributed by atoms with Gasteiger partial charge in [-0.1, -0.05) is 0 Å². The molecule has 0 aliphatic carbocycles. The third kappa shape index (κ3) is 5.44. The van der Waals surface area contributed by atoms with Crippen LogP contribution in [0.2, 0.25) is 0 Å². The minimum absolute atomic E-state index is 0.0435. The molecule has 1 rings (SSSR count). The fourth-order valence-electron chi connectivity index (χ4n) is 1.89. The lowest BCUT2D eigenvalue weighted by atomic mass is 9.94. The van der Waals surface area contributed by atoms with Gasteiger partial charge in [-0.3, -0.25) is 4.79 Å². The van der Waals surface area contributed by atoms with Crippen molar-refractivity contribution in [3.63, 3.8) is 0 Å². The van der Waals surface area contributed by atoms with Crippen LogP contribution in [0.5, 0.6) is 0 Å². The maximum Gasteiger partial charge on any atom is 0.220 e. The van der Waals surface area contributed by atoms with Crippen LogP contribution in [0.4, 0.5) is 0 Å². The van der Waals surface area contributed by atoms with E-state index >= 15 is 0 Å². The molecule has 5 heteroatoms. The molecule has 0 saturated carbocycles. The second-order valence-electron chi connectivity index (χ2n) is 4.39. The first-order valence-corrected chi connectivity index (χ1v) is 5.98. The molecule has 4 N–H and O–H groups in total. The molecule has 1 amide bonds. The molecular weight excluding hydrogens is 208 g/mol. The molecule has 5 nitrogen and oxygen atoms in total. The number of amides is 1. The van der Waals surface area contributed by atoms with Gasteiger partial charge in [0, 0.05) is 13.0 Å². The van der Waals surface area contributed by atoms with Crippen molar-refractivity contribution < 1.29 is 15.0 Å². The first-order valence-electron chi connectivity index (χ1n) is 5.98. The van der Waals surface area contributed by atoms with Gasteiger partial charge in [0.1, 0.15) is 0 Å². The summed E-state index contributed by atoms with van der Waals surface area (Å²) in [7, 11) is 0. The molecule has 2 unspecified atom stereocenters. The zero-order valence-electron chi connectivity index (χ0n) is 9.61. The SMILES string of the molecule is O=C(CCC1CCCNC1)NCC(O)CO. The van der Waals surface area contributed by atoms with Gasteiger partial charge in [0.15, 0.2) is 0 Å². The van der Waals surface area contributed by atoms with Gasteiger partial charge in [-0.05, 0) is 38.3 Å². The van der Waals surface area contributed by atoms with Gasteiger partial charge in [0.2, 0.25) is 5.91 Å². The molecule has 0 spiro atoms. The Labute approximate surface area is 96.2 Å². The van der Waals surface area contributed by atoms with Crippen molar-refractivity contribution in [1.82, 2.24) is 10.6 Å². The predicted octanol–water partition coefficient (Wildman–Crippen LogP) is -0.764. The molecule has 1 heterocycles. The summed E-state index contributed by atoms with van der Waals surface area (Å²) in [6.45, 7) is 1.92. The Hall–Kier alpha value is -0.650. The van der Waals surface area contributed by atoms with Crippen LogP contribution in [0.15, 0.2) is 0 Å². The molecule has 1 aliphatic rings. The van der Waals surface area contributed by atoms with Crippen LogP contribution in [0.3, 0.4) is 0 Å². The molecule has 0 aromatic heterocycles. The minimum Gasteiger partial charge on any atom is -0.394 e. The fourth-order valence-corrected chi connectivity index (χ4v) is 1.89. The average Bonchev–Trinajstić information content (AvgIpc) is 2.34. The van der Waals surface area contributed by atoms with E-state index in [4.69, 9.17) is 10.2 Å². The van der Waals surface area contributed by atoms with Gasteiger partial charge in [0.05, 0.1) is 12.7 Å². The zero-order valence-corrected chi connectivity index (χ0v) is 9.61. The third-order valence-corrected chi connectivity index (χ3v) is 2.92. The highest BCUT2D eigenvalue weighted by Gasteiger charge is 2.14. The van der Waals surface area contributed by atoms with Gasteiger partial charge >= 0.3 is 0 Å². The summed E-state index contributed by atoms with van der Waals surface area (Å²) in [4.78, 5) is 11.4. The quantitative estimate of drug-likeness (QED) is 0.483. The third-order valence-electron chi connectivity index (χ3n) is 2.92. The number of aliphatic hydroxyl groups excluding tert-OH is 2. The number of hydrogen-bond acceptors (Lipinski definition) is 4. The molecule has 0 bridgehead atoms. The molecule has 16 heavy (non-hydrogen) atoms. The van der Waals surface area contributed by atoms with Gasteiger partial charge in [0.25, 0.3) is 0 Å². The Balaban J connectivity index is 2.05. The van der Waals surface area contributed by atoms with Gasteiger partial charge < -0.3 is 20.8 Å². The highest BCUT2D eigenvalue weighted by molar-refractivity contribution is 5.75. The van der Waals surface area contributed by atoms with E-state index in [1.165, 1.54) is 12.8 Å². The van der Waals surface area contributed by atoms with Crippen LogP contribution >= 0.6 is 0 Å². The molecular formula is C11H22N2O3. The van der Waals surface area contributed by atoms with E-state index in [0.29, 0.717) is 12.3 Å². The van der Waals surface area contributed by atoms with E-state index in [-0.39, 0.29) is 19.1 Å². The van der Waals surface area contributed by atoms with Crippen molar-refractivity contribution in [2.75, 3.05) is 26.2 Å². The largest absolute Gasteiger partial charge is 0.394 e. The standard InChI is InChI=1S/C11H22N2O3/c14-8-10(15)7-13-11(16)4-3-9-2-1-5-12-6-9/h9-10,12,14-15H,1-8H2,(H,13,16). The minimum atomic E-state index is -0.847. The van der Waals surface area contributed by atoms with Gasteiger partial charge in [-0.2, -0.15) is 0 Å². The van der Waals surface area contributed by atoms with Gasteiger partial charge in [-0.25, -0.2) is 0 Å². The van der Waals surface area contributed by atoms with Crippen molar-refractivity contribution in [3.05, 3.63) is 0 Å². The van der Waals surface area contributed by atoms with Crippen molar-refractivity contribution >= 4 is 5.91 Å². The molecule has 1 saturated heterocycles. The first-order chi connectivity index (χ1) is 7.72. The summed E-state index contributed by atoms with van der Waals surface area (Å²) in [5.74, 6) is 0.556. The van der Waals surface area contributed by atoms with Crippen LogP contribution in [-0.2, 0) is 4.79 Å². The van der Waals surface area contributed by atoms with E-state index in [2.05, 4.69) is 10.6 Å². The Bertz CT molecular complexity index is 205. The molecule has 0 radical (unpaired) electrons. The first kappa shape index (κ1) is 13.4. The number of nitrogens with one attached hydrogen (secondary N) is 2. The summed E-state index contributed by atoms with van der Waals surface area (Å²) >= 11 is 0. The fraction of sp³-hybridized carbons (Fsp3) is 0.909. The van der Waals surface area contributed by atoms with Crippen LogP contribution in [-0.4, -0.2) is 48.5 Å². The van der Waals surface area contributed by atoms with Crippen LogP contribution in [0, 0.1) is 5.92 Å². The van der Waals surface area contributed by atoms with E-state index in [1.54, 1.807) is 0 Å². The molecule has 94 valence electrons. The molecule has 1 fully saturated rings. The van der Waals surface area contributed by atoms with Gasteiger partial charge in [-0.15, -0.1) is 0 Å². The monoisotopic (exact) mass is 230 g/mol. The van der Waals surface area contributed by atoms with E-state index < -0.39 is 6.10 Å². The van der Waals surface area contributed by atoms with E-state index in [1.807, 2.05) is 0 Å². The van der Waals surface area contributed by atoms with Crippen molar-refractivity contribution in [1.29, 1.82) is 0 Å². The number of piperidine rings is 1. The maximum absolute atomic E-state index is 11.4. The number of hydrogen-bond donors (Lipinski definition) is 4. The molecule has 2 atom stereocenters. The molecule has 0 aromatic carbocycles. The Kier molecular flexibility index (Phi) is 6.37. The predicted molar refractivity (Wildman–Crippen MR) is 60.9 cm³/mol. The maximum atomic E-state index is 11.4. The number of carbonyl (C=O) groups is 1. The van der Waals surface area contributed by atoms with Crippen molar-refractivity contribution in [2.45, 2.75) is 31.8 Å². The Morgan fingerprint density at radius 3 is 3.00 bits per heavy atom. The highest BCUT2D eigenvalue weighted by atomic mass is 16.3. The summed E-state index contributed by atoms with van der Waals surface area (Å²) in [6, 6.07) is 0. The molecule has 0 aromatic rings. The topological polar surface area (TPSA) is 81.6 Å². The lowest BCUT2D eigenvalue weighted by molar-refractivity contribution is -0.122. The number of rotatable bonds is 6. The van der Waals surface area contributed by atoms with E-state index in [9.17, 15) is 4.79 Å². The highest BCUT2D eigenvalue weighted by Crippen LogP contribution is 2.15. The average molecular weight is 230 g/mol. The van der Waals surface area contributed by atoms with Crippen molar-refractivity contribution in [3.8, 4) is 0 Å². The summed E-state index contributed by atoms with van der Waals surface area (Å²) < 4.78 is 0.